The van der Waals surface area contributed by atoms with Crippen LogP contribution in [0.2, 0.25) is 0 Å². The molecule has 1 N–H and O–H groups in total. The van der Waals surface area contributed by atoms with E-state index in [0.717, 1.165) is 29.7 Å². The topological polar surface area (TPSA) is 52.7 Å². The molecule has 0 aliphatic carbocycles. The number of hydrogen-bond donors (Lipinski definition) is 1. The van der Waals surface area contributed by atoms with E-state index in [9.17, 15) is 9.59 Å². The Kier molecular flexibility index (Phi) is 6.48. The monoisotopic (exact) mass is 421 g/mol. The van der Waals surface area contributed by atoms with Crippen molar-refractivity contribution in [3.05, 3.63) is 20.8 Å². The molecule has 2 fully saturated rings. The molecular formula is C15H21BrClN3O2S. The molecule has 0 aromatic carbocycles. The van der Waals surface area contributed by atoms with Crippen molar-refractivity contribution in [2.24, 2.45) is 0 Å². The SMILES string of the molecule is CN(CC(=O)N1CCC2CCC(C1)N2)C(=O)c1ccc(Br)s1.Cl. The van der Waals surface area contributed by atoms with Gasteiger partial charge < -0.3 is 15.1 Å². The van der Waals surface area contributed by atoms with Crippen LogP contribution in [0, 0.1) is 0 Å². The summed E-state index contributed by atoms with van der Waals surface area (Å²) in [6.45, 7) is 1.70. The van der Waals surface area contributed by atoms with E-state index in [-0.39, 0.29) is 30.8 Å². The number of carbonyl (C=O) groups excluding carboxylic acids is 2. The van der Waals surface area contributed by atoms with Gasteiger partial charge in [-0.15, -0.1) is 23.7 Å². The van der Waals surface area contributed by atoms with Gasteiger partial charge in [-0.2, -0.15) is 0 Å². The Balaban J connectivity index is 0.00000192. The van der Waals surface area contributed by atoms with Crippen LogP contribution in [0.5, 0.6) is 0 Å². The van der Waals surface area contributed by atoms with Crippen molar-refractivity contribution >= 4 is 51.5 Å². The zero-order chi connectivity index (χ0) is 15.7. The number of thiophene rings is 1. The maximum absolute atomic E-state index is 12.5. The maximum Gasteiger partial charge on any atom is 0.264 e. The summed E-state index contributed by atoms with van der Waals surface area (Å²) in [5.41, 5.74) is 0. The minimum Gasteiger partial charge on any atom is -0.340 e. The molecule has 8 heteroatoms. The van der Waals surface area contributed by atoms with Crippen molar-refractivity contribution in [2.75, 3.05) is 26.7 Å². The van der Waals surface area contributed by atoms with E-state index in [1.165, 1.54) is 22.7 Å². The van der Waals surface area contributed by atoms with Crippen molar-refractivity contribution in [1.82, 2.24) is 15.1 Å². The van der Waals surface area contributed by atoms with E-state index in [0.29, 0.717) is 17.0 Å². The molecule has 2 bridgehead atoms. The van der Waals surface area contributed by atoms with Crippen molar-refractivity contribution in [1.29, 1.82) is 0 Å². The first-order valence-corrected chi connectivity index (χ1v) is 9.18. The van der Waals surface area contributed by atoms with Crippen LogP contribution in [0.25, 0.3) is 0 Å². The fraction of sp³-hybridized carbons (Fsp3) is 0.600. The third-order valence-corrected chi connectivity index (χ3v) is 5.99. The highest BCUT2D eigenvalue weighted by Gasteiger charge is 2.31. The molecule has 3 heterocycles. The Morgan fingerprint density at radius 3 is 2.78 bits per heavy atom. The van der Waals surface area contributed by atoms with Gasteiger partial charge in [0.25, 0.3) is 5.91 Å². The number of nitrogens with one attached hydrogen (secondary N) is 1. The van der Waals surface area contributed by atoms with Gasteiger partial charge in [0.15, 0.2) is 0 Å². The molecule has 1 aromatic heterocycles. The summed E-state index contributed by atoms with van der Waals surface area (Å²) in [5, 5.41) is 3.56. The molecule has 3 rings (SSSR count). The van der Waals surface area contributed by atoms with Crippen LogP contribution in [-0.4, -0.2) is 60.4 Å². The summed E-state index contributed by atoms with van der Waals surface area (Å²) in [6.07, 6.45) is 3.38. The summed E-state index contributed by atoms with van der Waals surface area (Å²) < 4.78 is 0.921. The smallest absolute Gasteiger partial charge is 0.264 e. The molecule has 2 aliphatic rings. The van der Waals surface area contributed by atoms with Gasteiger partial charge in [-0.3, -0.25) is 9.59 Å². The molecule has 1 aromatic rings. The van der Waals surface area contributed by atoms with Gasteiger partial charge in [0, 0.05) is 32.2 Å². The standard InChI is InChI=1S/C15H20BrN3O2S.ClH/c1-18(15(21)12-4-5-13(16)22-12)9-14(20)19-7-6-10-2-3-11(8-19)17-10;/h4-5,10-11,17H,2-3,6-9H2,1H3;1H. The average Bonchev–Trinajstić information content (AvgIpc) is 3.03. The summed E-state index contributed by atoms with van der Waals surface area (Å²) >= 11 is 4.75. The largest absolute Gasteiger partial charge is 0.340 e. The predicted octanol–water partition coefficient (Wildman–Crippen LogP) is 2.36. The maximum atomic E-state index is 12.5. The van der Waals surface area contributed by atoms with Crippen LogP contribution in [-0.2, 0) is 4.79 Å². The molecule has 2 unspecified atom stereocenters. The second-order valence-corrected chi connectivity index (χ2v) is 8.49. The summed E-state index contributed by atoms with van der Waals surface area (Å²) in [5.74, 6) is -0.0562. The number of fused-ring (bicyclic) bond motifs is 2. The van der Waals surface area contributed by atoms with Crippen molar-refractivity contribution in [3.63, 3.8) is 0 Å². The number of likely N-dealkylation sites (tertiary alicyclic amines) is 1. The van der Waals surface area contributed by atoms with Gasteiger partial charge in [-0.05, 0) is 47.3 Å². The Morgan fingerprint density at radius 2 is 2.09 bits per heavy atom. The van der Waals surface area contributed by atoms with Gasteiger partial charge in [-0.1, -0.05) is 0 Å². The molecule has 2 amide bonds. The Bertz CT molecular complexity index is 583. The number of rotatable bonds is 3. The minimum absolute atomic E-state index is 0. The number of halogens is 2. The molecule has 2 saturated heterocycles. The summed E-state index contributed by atoms with van der Waals surface area (Å²) in [6, 6.07) is 4.62. The van der Waals surface area contributed by atoms with Gasteiger partial charge in [0.1, 0.15) is 0 Å². The number of amides is 2. The third kappa shape index (κ3) is 4.47. The number of hydrogen-bond acceptors (Lipinski definition) is 4. The van der Waals surface area contributed by atoms with E-state index < -0.39 is 0 Å². The lowest BCUT2D eigenvalue weighted by molar-refractivity contribution is -0.131. The van der Waals surface area contributed by atoms with Crippen molar-refractivity contribution < 1.29 is 9.59 Å². The number of nitrogens with zero attached hydrogens (tertiary/aromatic N) is 2. The van der Waals surface area contributed by atoms with Crippen LogP contribution in [0.1, 0.15) is 28.9 Å². The van der Waals surface area contributed by atoms with Crippen molar-refractivity contribution in [3.8, 4) is 0 Å². The first-order valence-electron chi connectivity index (χ1n) is 7.57. The van der Waals surface area contributed by atoms with Gasteiger partial charge in [0.05, 0.1) is 15.2 Å². The lowest BCUT2D eigenvalue weighted by atomic mass is 10.1. The molecule has 128 valence electrons. The van der Waals surface area contributed by atoms with E-state index in [2.05, 4.69) is 21.2 Å². The average molecular weight is 423 g/mol. The molecule has 23 heavy (non-hydrogen) atoms. The minimum atomic E-state index is -0.0986. The molecule has 0 saturated carbocycles. The van der Waals surface area contributed by atoms with Gasteiger partial charge >= 0.3 is 0 Å². The quantitative estimate of drug-likeness (QED) is 0.813. The van der Waals surface area contributed by atoms with Gasteiger partial charge in [-0.25, -0.2) is 0 Å². The lowest BCUT2D eigenvalue weighted by Crippen LogP contribution is -2.44. The number of carbonyl (C=O) groups is 2. The fourth-order valence-electron chi connectivity index (χ4n) is 3.16. The Labute approximate surface area is 154 Å². The van der Waals surface area contributed by atoms with Crippen LogP contribution in [0.15, 0.2) is 15.9 Å². The second kappa shape index (κ2) is 7.96. The van der Waals surface area contributed by atoms with Gasteiger partial charge in [0.2, 0.25) is 5.91 Å². The molecule has 2 atom stereocenters. The van der Waals surface area contributed by atoms with Crippen LogP contribution in [0.3, 0.4) is 0 Å². The van der Waals surface area contributed by atoms with Crippen LogP contribution >= 0.6 is 39.7 Å². The van der Waals surface area contributed by atoms with E-state index >= 15 is 0 Å². The molecule has 2 aliphatic heterocycles. The normalized spacial score (nSPS) is 23.1. The van der Waals surface area contributed by atoms with Crippen LogP contribution in [0.4, 0.5) is 0 Å². The highest BCUT2D eigenvalue weighted by Crippen LogP contribution is 2.23. The van der Waals surface area contributed by atoms with E-state index in [1.54, 1.807) is 13.1 Å². The summed E-state index contributed by atoms with van der Waals surface area (Å²) in [4.78, 5) is 28.9. The van der Waals surface area contributed by atoms with E-state index in [1.807, 2.05) is 11.0 Å². The third-order valence-electron chi connectivity index (χ3n) is 4.38. The zero-order valence-electron chi connectivity index (χ0n) is 13.0. The Hall–Kier alpha value is -0.630. The molecule has 0 spiro atoms. The zero-order valence-corrected chi connectivity index (χ0v) is 16.2. The Morgan fingerprint density at radius 1 is 1.35 bits per heavy atom. The lowest BCUT2D eigenvalue weighted by Gasteiger charge is -2.26. The fourth-order valence-corrected chi connectivity index (χ4v) is 4.54. The van der Waals surface area contributed by atoms with Crippen molar-refractivity contribution in [2.45, 2.75) is 31.3 Å². The molecular weight excluding hydrogens is 402 g/mol. The van der Waals surface area contributed by atoms with E-state index in [4.69, 9.17) is 0 Å². The first kappa shape index (κ1) is 18.7. The number of likely N-dealkylation sites (N-methyl/N-ethyl adjacent to an activating group) is 1. The molecule has 5 nitrogen and oxygen atoms in total. The highest BCUT2D eigenvalue weighted by molar-refractivity contribution is 9.11. The summed E-state index contributed by atoms with van der Waals surface area (Å²) in [7, 11) is 1.69. The highest BCUT2D eigenvalue weighted by atomic mass is 79.9. The van der Waals surface area contributed by atoms with Crippen LogP contribution < -0.4 is 5.32 Å². The predicted molar refractivity (Wildman–Crippen MR) is 97.4 cm³/mol. The first-order chi connectivity index (χ1) is 10.5. The second-order valence-electron chi connectivity index (χ2n) is 6.03. The molecule has 0 radical (unpaired) electrons.